The monoisotopic (exact) mass is 251 g/mol. The summed E-state index contributed by atoms with van der Waals surface area (Å²) in [5.74, 6) is 0.740. The van der Waals surface area contributed by atoms with E-state index >= 15 is 0 Å². The minimum Gasteiger partial charge on any atom is -0.496 e. The van der Waals surface area contributed by atoms with Crippen molar-refractivity contribution in [2.24, 2.45) is 5.92 Å². The predicted octanol–water partition coefficient (Wildman–Crippen LogP) is 1.84. The van der Waals surface area contributed by atoms with Crippen LogP contribution in [0.2, 0.25) is 0 Å². The Bertz CT molecular complexity index is 429. The van der Waals surface area contributed by atoms with Gasteiger partial charge in [0, 0.05) is 35.5 Å². The van der Waals surface area contributed by atoms with E-state index in [-0.39, 0.29) is 18.3 Å². The number of rotatable bonds is 6. The standard InChI is InChI=1S/C14H21NO3/c1-9-8-15-13(10(2)14(9)18-4)7-12(5-6-16)11(3)17/h8,12,16H,5-7H2,1-4H3. The van der Waals surface area contributed by atoms with Gasteiger partial charge in [0.25, 0.3) is 0 Å². The zero-order valence-electron chi connectivity index (χ0n) is 11.5. The zero-order valence-corrected chi connectivity index (χ0v) is 11.5. The van der Waals surface area contributed by atoms with E-state index in [2.05, 4.69) is 4.98 Å². The number of aliphatic hydroxyl groups excluding tert-OH is 1. The Morgan fingerprint density at radius 3 is 2.67 bits per heavy atom. The molecule has 0 amide bonds. The molecule has 0 bridgehead atoms. The van der Waals surface area contributed by atoms with Crippen LogP contribution in [0.5, 0.6) is 5.75 Å². The number of carbonyl (C=O) groups is 1. The molecule has 1 aromatic heterocycles. The minimum atomic E-state index is -0.173. The van der Waals surface area contributed by atoms with Gasteiger partial charge in [-0.1, -0.05) is 0 Å². The van der Waals surface area contributed by atoms with E-state index in [9.17, 15) is 4.79 Å². The lowest BCUT2D eigenvalue weighted by Gasteiger charge is -2.16. The summed E-state index contributed by atoms with van der Waals surface area (Å²) in [7, 11) is 1.63. The maximum atomic E-state index is 11.5. The molecule has 1 unspecified atom stereocenters. The minimum absolute atomic E-state index is 0.0201. The van der Waals surface area contributed by atoms with E-state index < -0.39 is 0 Å². The lowest BCUT2D eigenvalue weighted by Crippen LogP contribution is -2.17. The Hall–Kier alpha value is -1.42. The summed E-state index contributed by atoms with van der Waals surface area (Å²) in [5, 5.41) is 8.98. The summed E-state index contributed by atoms with van der Waals surface area (Å²) in [4.78, 5) is 15.9. The second kappa shape index (κ2) is 6.50. The molecule has 1 N–H and O–H groups in total. The zero-order chi connectivity index (χ0) is 13.7. The maximum Gasteiger partial charge on any atom is 0.133 e. The quantitative estimate of drug-likeness (QED) is 0.838. The van der Waals surface area contributed by atoms with E-state index in [0.717, 1.165) is 22.6 Å². The van der Waals surface area contributed by atoms with Crippen LogP contribution in [-0.2, 0) is 11.2 Å². The first kappa shape index (κ1) is 14.6. The molecule has 0 radical (unpaired) electrons. The molecule has 1 aromatic rings. The first-order chi connectivity index (χ1) is 8.51. The third-order valence-electron chi connectivity index (χ3n) is 3.24. The van der Waals surface area contributed by atoms with E-state index in [1.54, 1.807) is 20.2 Å². The van der Waals surface area contributed by atoms with Gasteiger partial charge in [-0.3, -0.25) is 9.78 Å². The highest BCUT2D eigenvalue weighted by Gasteiger charge is 2.18. The molecule has 100 valence electrons. The van der Waals surface area contributed by atoms with Crippen molar-refractivity contribution in [3.63, 3.8) is 0 Å². The van der Waals surface area contributed by atoms with Gasteiger partial charge in [-0.25, -0.2) is 0 Å². The van der Waals surface area contributed by atoms with Crippen LogP contribution in [0.3, 0.4) is 0 Å². The Balaban J connectivity index is 2.99. The molecule has 0 aliphatic rings. The van der Waals surface area contributed by atoms with Crippen molar-refractivity contribution >= 4 is 5.78 Å². The highest BCUT2D eigenvalue weighted by Crippen LogP contribution is 2.26. The van der Waals surface area contributed by atoms with Gasteiger partial charge in [-0.2, -0.15) is 0 Å². The second-order valence-electron chi connectivity index (χ2n) is 4.57. The average Bonchev–Trinajstić information content (AvgIpc) is 2.32. The largest absolute Gasteiger partial charge is 0.496 e. The van der Waals surface area contributed by atoms with E-state index in [1.165, 1.54) is 0 Å². The maximum absolute atomic E-state index is 11.5. The van der Waals surface area contributed by atoms with Gasteiger partial charge in [0.15, 0.2) is 0 Å². The molecule has 0 spiro atoms. The number of aryl methyl sites for hydroxylation is 1. The van der Waals surface area contributed by atoms with Gasteiger partial charge in [0.1, 0.15) is 11.5 Å². The summed E-state index contributed by atoms with van der Waals surface area (Å²) >= 11 is 0. The smallest absolute Gasteiger partial charge is 0.133 e. The van der Waals surface area contributed by atoms with Crippen LogP contribution < -0.4 is 4.74 Å². The van der Waals surface area contributed by atoms with Crippen LogP contribution in [-0.4, -0.2) is 29.6 Å². The third-order valence-corrected chi connectivity index (χ3v) is 3.24. The van der Waals surface area contributed by atoms with Gasteiger partial charge >= 0.3 is 0 Å². The molecule has 0 saturated heterocycles. The van der Waals surface area contributed by atoms with E-state index in [1.807, 2.05) is 13.8 Å². The first-order valence-electron chi connectivity index (χ1n) is 6.11. The molecule has 0 saturated carbocycles. The van der Waals surface area contributed by atoms with Crippen molar-refractivity contribution < 1.29 is 14.6 Å². The van der Waals surface area contributed by atoms with Gasteiger partial charge in [-0.15, -0.1) is 0 Å². The molecule has 4 nitrogen and oxygen atoms in total. The van der Waals surface area contributed by atoms with Crippen molar-refractivity contribution in [1.29, 1.82) is 0 Å². The van der Waals surface area contributed by atoms with Crippen LogP contribution in [0.15, 0.2) is 6.20 Å². The highest BCUT2D eigenvalue weighted by atomic mass is 16.5. The molecule has 18 heavy (non-hydrogen) atoms. The molecule has 1 atom stereocenters. The van der Waals surface area contributed by atoms with Crippen molar-refractivity contribution in [2.45, 2.75) is 33.6 Å². The number of nitrogens with zero attached hydrogens (tertiary/aromatic N) is 1. The van der Waals surface area contributed by atoms with Crippen molar-refractivity contribution in [3.05, 3.63) is 23.0 Å². The summed E-state index contributed by atoms with van der Waals surface area (Å²) in [6.45, 7) is 5.47. The first-order valence-corrected chi connectivity index (χ1v) is 6.11. The normalized spacial score (nSPS) is 12.3. The fourth-order valence-electron chi connectivity index (χ4n) is 2.12. The van der Waals surface area contributed by atoms with Crippen LogP contribution in [0.1, 0.15) is 30.2 Å². The Labute approximate surface area is 108 Å². The summed E-state index contributed by atoms with van der Waals surface area (Å²) in [6, 6.07) is 0. The Morgan fingerprint density at radius 1 is 1.50 bits per heavy atom. The number of aromatic nitrogens is 1. The van der Waals surface area contributed by atoms with Crippen molar-refractivity contribution in [3.8, 4) is 5.75 Å². The van der Waals surface area contributed by atoms with E-state index in [4.69, 9.17) is 9.84 Å². The van der Waals surface area contributed by atoms with E-state index in [0.29, 0.717) is 12.8 Å². The molecular weight excluding hydrogens is 230 g/mol. The Kier molecular flexibility index (Phi) is 5.28. The number of Topliss-reactive ketones (excluding diaryl/α,β-unsaturated/α-hetero) is 1. The summed E-state index contributed by atoms with van der Waals surface area (Å²) < 4.78 is 5.34. The molecule has 0 fully saturated rings. The number of pyridine rings is 1. The Morgan fingerprint density at radius 2 is 2.17 bits per heavy atom. The van der Waals surface area contributed by atoms with Crippen molar-refractivity contribution in [2.75, 3.05) is 13.7 Å². The number of aliphatic hydroxyl groups is 1. The fourth-order valence-corrected chi connectivity index (χ4v) is 2.12. The van der Waals surface area contributed by atoms with Crippen LogP contribution in [0.25, 0.3) is 0 Å². The number of carbonyl (C=O) groups excluding carboxylic acids is 1. The second-order valence-corrected chi connectivity index (χ2v) is 4.57. The molecular formula is C14H21NO3. The number of hydrogen-bond donors (Lipinski definition) is 1. The van der Waals surface area contributed by atoms with Crippen LogP contribution in [0.4, 0.5) is 0 Å². The molecule has 0 aromatic carbocycles. The van der Waals surface area contributed by atoms with Gasteiger partial charge in [-0.05, 0) is 33.6 Å². The number of hydrogen-bond acceptors (Lipinski definition) is 4. The average molecular weight is 251 g/mol. The lowest BCUT2D eigenvalue weighted by atomic mass is 9.93. The number of methoxy groups -OCH3 is 1. The van der Waals surface area contributed by atoms with Gasteiger partial charge in [0.2, 0.25) is 0 Å². The highest BCUT2D eigenvalue weighted by molar-refractivity contribution is 5.78. The number of ketones is 1. The molecule has 4 heteroatoms. The molecule has 0 aliphatic heterocycles. The lowest BCUT2D eigenvalue weighted by molar-refractivity contribution is -0.121. The van der Waals surface area contributed by atoms with Crippen LogP contribution >= 0.6 is 0 Å². The SMILES string of the molecule is COc1c(C)cnc(CC(CCO)C(C)=O)c1C. The molecule has 0 aliphatic carbocycles. The third kappa shape index (κ3) is 3.29. The molecule has 1 rings (SSSR count). The van der Waals surface area contributed by atoms with Crippen molar-refractivity contribution in [1.82, 2.24) is 4.98 Å². The summed E-state index contributed by atoms with van der Waals surface area (Å²) in [5.41, 5.74) is 2.83. The topological polar surface area (TPSA) is 59.4 Å². The van der Waals surface area contributed by atoms with Gasteiger partial charge in [0.05, 0.1) is 7.11 Å². The predicted molar refractivity (Wildman–Crippen MR) is 69.8 cm³/mol. The van der Waals surface area contributed by atoms with Gasteiger partial charge < -0.3 is 9.84 Å². The van der Waals surface area contributed by atoms with Crippen LogP contribution in [0, 0.1) is 19.8 Å². The molecule has 1 heterocycles. The number of ether oxygens (including phenoxy) is 1. The fraction of sp³-hybridized carbons (Fsp3) is 0.571. The summed E-state index contributed by atoms with van der Waals surface area (Å²) in [6.07, 6.45) is 2.79.